The van der Waals surface area contributed by atoms with Crippen LogP contribution >= 0.6 is 0 Å². The standard InChI is InChI=1S/C20H30O4Si/c1-13-15-9-7-8-10-16(22-15)18(13)19-14(21)11-12-17(23-19)24-25(5,6)20(2,3)4/h7-13,15-19H,1-6H3/t13-,15-,16+,17-,18-,19-/m0/s1. The first-order chi connectivity index (χ1) is 11.6. The van der Waals surface area contributed by atoms with Crippen molar-refractivity contribution in [2.75, 3.05) is 0 Å². The van der Waals surface area contributed by atoms with E-state index in [0.717, 1.165) is 0 Å². The highest BCUT2D eigenvalue weighted by Crippen LogP contribution is 2.42. The van der Waals surface area contributed by atoms with Gasteiger partial charge in [0, 0.05) is 5.92 Å². The van der Waals surface area contributed by atoms with E-state index < -0.39 is 20.7 Å². The predicted molar refractivity (Wildman–Crippen MR) is 101 cm³/mol. The first-order valence-electron chi connectivity index (χ1n) is 9.16. The van der Waals surface area contributed by atoms with Gasteiger partial charge in [0.15, 0.2) is 20.4 Å². The van der Waals surface area contributed by atoms with E-state index in [1.807, 2.05) is 18.2 Å². The molecule has 1 fully saturated rings. The summed E-state index contributed by atoms with van der Waals surface area (Å²) < 4.78 is 18.6. The quantitative estimate of drug-likeness (QED) is 0.712. The molecule has 0 aromatic heterocycles. The molecule has 2 bridgehead atoms. The molecule has 3 heterocycles. The van der Waals surface area contributed by atoms with Crippen LogP contribution in [0.3, 0.4) is 0 Å². The molecular formula is C20H30O4Si. The number of hydrogen-bond donors (Lipinski definition) is 0. The zero-order valence-electron chi connectivity index (χ0n) is 16.1. The normalized spacial score (nSPS) is 38.2. The highest BCUT2D eigenvalue weighted by atomic mass is 28.4. The van der Waals surface area contributed by atoms with E-state index >= 15 is 0 Å². The fraction of sp³-hybridized carbons (Fsp3) is 0.650. The number of allylic oxidation sites excluding steroid dienone is 2. The van der Waals surface area contributed by atoms with Crippen molar-refractivity contribution in [3.63, 3.8) is 0 Å². The lowest BCUT2D eigenvalue weighted by atomic mass is 9.81. The molecule has 0 amide bonds. The molecule has 0 N–H and O–H groups in total. The summed E-state index contributed by atoms with van der Waals surface area (Å²) >= 11 is 0. The van der Waals surface area contributed by atoms with Crippen LogP contribution in [0.1, 0.15) is 27.7 Å². The van der Waals surface area contributed by atoms with Gasteiger partial charge in [0.25, 0.3) is 0 Å². The van der Waals surface area contributed by atoms with Gasteiger partial charge in [0.05, 0.1) is 12.2 Å². The van der Waals surface area contributed by atoms with E-state index in [4.69, 9.17) is 13.9 Å². The van der Waals surface area contributed by atoms with Gasteiger partial charge >= 0.3 is 0 Å². The number of carbonyl (C=O) groups excluding carboxylic acids is 1. The smallest absolute Gasteiger partial charge is 0.195 e. The number of carbonyl (C=O) groups is 1. The average molecular weight is 363 g/mol. The number of rotatable bonds is 3. The van der Waals surface area contributed by atoms with Gasteiger partial charge in [-0.3, -0.25) is 4.79 Å². The Bertz CT molecular complexity index is 614. The van der Waals surface area contributed by atoms with Crippen LogP contribution in [0.2, 0.25) is 18.1 Å². The van der Waals surface area contributed by atoms with Crippen LogP contribution in [0.4, 0.5) is 0 Å². The monoisotopic (exact) mass is 362 g/mol. The van der Waals surface area contributed by atoms with E-state index in [-0.39, 0.29) is 34.9 Å². The van der Waals surface area contributed by atoms with Crippen LogP contribution in [0.15, 0.2) is 36.5 Å². The molecule has 0 saturated carbocycles. The Morgan fingerprint density at radius 2 is 1.68 bits per heavy atom. The molecule has 0 radical (unpaired) electrons. The van der Waals surface area contributed by atoms with Crippen LogP contribution in [-0.2, 0) is 18.7 Å². The maximum absolute atomic E-state index is 12.6. The number of ketones is 1. The Balaban J connectivity index is 1.77. The summed E-state index contributed by atoms with van der Waals surface area (Å²) in [6.07, 6.45) is 10.5. The minimum Gasteiger partial charge on any atom is -0.389 e. The molecule has 0 aromatic rings. The molecular weight excluding hydrogens is 332 g/mol. The summed E-state index contributed by atoms with van der Waals surface area (Å²) in [6, 6.07) is 0. The van der Waals surface area contributed by atoms with Crippen LogP contribution in [0.25, 0.3) is 0 Å². The van der Waals surface area contributed by atoms with Crippen molar-refractivity contribution in [1.82, 2.24) is 0 Å². The maximum atomic E-state index is 12.6. The van der Waals surface area contributed by atoms with E-state index in [1.165, 1.54) is 0 Å². The van der Waals surface area contributed by atoms with E-state index in [0.29, 0.717) is 0 Å². The Kier molecular flexibility index (Phi) is 4.97. The van der Waals surface area contributed by atoms with Crippen molar-refractivity contribution in [2.24, 2.45) is 11.8 Å². The van der Waals surface area contributed by atoms with Crippen molar-refractivity contribution in [3.05, 3.63) is 36.5 Å². The molecule has 1 saturated heterocycles. The second kappa shape index (κ2) is 6.61. The Hall–Kier alpha value is -1.01. The third-order valence-electron chi connectivity index (χ3n) is 6.08. The van der Waals surface area contributed by atoms with Gasteiger partial charge in [-0.1, -0.05) is 52.0 Å². The molecule has 0 spiro atoms. The molecule has 138 valence electrons. The lowest BCUT2D eigenvalue weighted by Gasteiger charge is -2.40. The van der Waals surface area contributed by atoms with Crippen molar-refractivity contribution in [3.8, 4) is 0 Å². The number of ether oxygens (including phenoxy) is 2. The zero-order chi connectivity index (χ0) is 18.4. The molecule has 0 aliphatic carbocycles. The van der Waals surface area contributed by atoms with Crippen molar-refractivity contribution >= 4 is 14.1 Å². The summed E-state index contributed by atoms with van der Waals surface area (Å²) in [6.45, 7) is 13.1. The van der Waals surface area contributed by atoms with Gasteiger partial charge < -0.3 is 13.9 Å². The summed E-state index contributed by atoms with van der Waals surface area (Å²) in [5, 5.41) is 0.0902. The average Bonchev–Trinajstić information content (AvgIpc) is 2.68. The molecule has 6 atom stereocenters. The molecule has 0 aromatic carbocycles. The number of hydrogen-bond acceptors (Lipinski definition) is 4. The summed E-state index contributed by atoms with van der Waals surface area (Å²) in [5.74, 6) is 0.244. The number of fused-ring (bicyclic) bond motifs is 2. The van der Waals surface area contributed by atoms with Gasteiger partial charge in [0.1, 0.15) is 6.10 Å². The minimum atomic E-state index is -1.98. The fourth-order valence-corrected chi connectivity index (χ4v) is 4.51. The van der Waals surface area contributed by atoms with Gasteiger partial charge in [-0.15, -0.1) is 0 Å². The second-order valence-corrected chi connectivity index (χ2v) is 13.6. The topological polar surface area (TPSA) is 44.8 Å². The van der Waals surface area contributed by atoms with E-state index in [2.05, 4.69) is 46.9 Å². The maximum Gasteiger partial charge on any atom is 0.195 e. The van der Waals surface area contributed by atoms with E-state index in [9.17, 15) is 4.79 Å². The van der Waals surface area contributed by atoms with E-state index in [1.54, 1.807) is 12.2 Å². The van der Waals surface area contributed by atoms with Gasteiger partial charge in [-0.25, -0.2) is 0 Å². The van der Waals surface area contributed by atoms with Gasteiger partial charge in [-0.05, 0) is 36.2 Å². The Morgan fingerprint density at radius 3 is 2.32 bits per heavy atom. The molecule has 4 nitrogen and oxygen atoms in total. The highest BCUT2D eigenvalue weighted by Gasteiger charge is 2.49. The van der Waals surface area contributed by atoms with Gasteiger partial charge in [0.2, 0.25) is 0 Å². The Labute approximate surface area is 152 Å². The van der Waals surface area contributed by atoms with Crippen LogP contribution in [0.5, 0.6) is 0 Å². The van der Waals surface area contributed by atoms with Crippen molar-refractivity contribution in [1.29, 1.82) is 0 Å². The lowest BCUT2D eigenvalue weighted by Crippen LogP contribution is -2.49. The third-order valence-corrected chi connectivity index (χ3v) is 10.5. The second-order valence-electron chi connectivity index (χ2n) is 8.84. The van der Waals surface area contributed by atoms with Crippen molar-refractivity contribution in [2.45, 2.75) is 70.4 Å². The first-order valence-corrected chi connectivity index (χ1v) is 12.1. The fourth-order valence-electron chi connectivity index (χ4n) is 3.44. The minimum absolute atomic E-state index is 0.00849. The van der Waals surface area contributed by atoms with Crippen LogP contribution < -0.4 is 0 Å². The summed E-state index contributed by atoms with van der Waals surface area (Å²) in [5.41, 5.74) is 0. The predicted octanol–water partition coefficient (Wildman–Crippen LogP) is 4.00. The summed E-state index contributed by atoms with van der Waals surface area (Å²) in [7, 11) is -1.98. The third kappa shape index (κ3) is 3.61. The molecule has 5 heteroatoms. The van der Waals surface area contributed by atoms with Crippen molar-refractivity contribution < 1.29 is 18.7 Å². The van der Waals surface area contributed by atoms with Crippen LogP contribution in [0, 0.1) is 11.8 Å². The lowest BCUT2D eigenvalue weighted by molar-refractivity contribution is -0.156. The molecule has 3 aliphatic heterocycles. The largest absolute Gasteiger partial charge is 0.389 e. The first kappa shape index (κ1) is 18.8. The SMILES string of the molecule is C[C@@H]1[C@H]([C@H]2O[C@@H](O[Si](C)(C)C(C)(C)C)C=CC2=O)[C@H]2C=CC=C[C@@H]1O2. The molecule has 3 rings (SSSR count). The summed E-state index contributed by atoms with van der Waals surface area (Å²) in [4.78, 5) is 12.6. The molecule has 0 unspecified atom stereocenters. The Morgan fingerprint density at radius 1 is 1.04 bits per heavy atom. The highest BCUT2D eigenvalue weighted by molar-refractivity contribution is 6.74. The zero-order valence-corrected chi connectivity index (χ0v) is 17.1. The molecule has 3 aliphatic rings. The van der Waals surface area contributed by atoms with Crippen LogP contribution in [-0.4, -0.2) is 38.7 Å². The molecule has 25 heavy (non-hydrogen) atoms. The van der Waals surface area contributed by atoms with Gasteiger partial charge in [-0.2, -0.15) is 0 Å².